The third-order valence-corrected chi connectivity index (χ3v) is 5.44. The Morgan fingerprint density at radius 1 is 1.11 bits per heavy atom. The molecule has 2 aromatic rings. The minimum absolute atomic E-state index is 0.00158. The minimum Gasteiger partial charge on any atom is -0.375 e. The van der Waals surface area contributed by atoms with Crippen LogP contribution in [-0.2, 0) is 9.53 Å². The monoisotopic (exact) mass is 378 g/mol. The fourth-order valence-electron chi connectivity index (χ4n) is 3.86. The zero-order valence-electron chi connectivity index (χ0n) is 16.1. The molecule has 1 saturated carbocycles. The van der Waals surface area contributed by atoms with E-state index >= 15 is 0 Å². The molecule has 2 aromatic carbocycles. The molecule has 2 fully saturated rings. The number of amides is 2. The van der Waals surface area contributed by atoms with Crippen LogP contribution in [0.3, 0.4) is 0 Å². The van der Waals surface area contributed by atoms with E-state index in [1.54, 1.807) is 12.1 Å². The molecule has 28 heavy (non-hydrogen) atoms. The number of benzene rings is 2. The Balaban J connectivity index is 1.48. The third kappa shape index (κ3) is 4.25. The van der Waals surface area contributed by atoms with Crippen LogP contribution in [0.2, 0.25) is 0 Å². The number of carbonyl (C=O) groups excluding carboxylic acids is 2. The van der Waals surface area contributed by atoms with Crippen LogP contribution in [0.25, 0.3) is 0 Å². The van der Waals surface area contributed by atoms with Crippen LogP contribution in [-0.4, -0.2) is 42.5 Å². The van der Waals surface area contributed by atoms with E-state index in [1.807, 2.05) is 54.3 Å². The number of nitrogens with one attached hydrogen (secondary N) is 1. The lowest BCUT2D eigenvalue weighted by atomic mass is 9.93. The first-order chi connectivity index (χ1) is 13.6. The summed E-state index contributed by atoms with van der Waals surface area (Å²) in [5, 5.41) is 3.03. The molecule has 5 nitrogen and oxygen atoms in total. The predicted octanol–water partition coefficient (Wildman–Crippen LogP) is 3.68. The molecule has 1 heterocycles. The van der Waals surface area contributed by atoms with Gasteiger partial charge in [-0.2, -0.15) is 0 Å². The van der Waals surface area contributed by atoms with Gasteiger partial charge in [-0.05, 0) is 49.4 Å². The van der Waals surface area contributed by atoms with Gasteiger partial charge in [0, 0.05) is 24.3 Å². The molecule has 4 rings (SSSR count). The summed E-state index contributed by atoms with van der Waals surface area (Å²) in [5.41, 5.74) is 2.31. The molecule has 1 aliphatic heterocycles. The lowest BCUT2D eigenvalue weighted by molar-refractivity contribution is -0.118. The average Bonchev–Trinajstić information content (AvgIpc) is 3.53. The number of morpholine rings is 1. The summed E-state index contributed by atoms with van der Waals surface area (Å²) in [6.07, 6.45) is 2.22. The quantitative estimate of drug-likeness (QED) is 0.863. The molecular formula is C23H26N2O3. The molecule has 1 saturated heterocycles. The Kier molecular flexibility index (Phi) is 5.44. The molecule has 0 radical (unpaired) electrons. The summed E-state index contributed by atoms with van der Waals surface area (Å²) >= 11 is 0. The van der Waals surface area contributed by atoms with E-state index in [0.717, 1.165) is 18.4 Å². The van der Waals surface area contributed by atoms with Gasteiger partial charge in [-0.3, -0.25) is 9.59 Å². The van der Waals surface area contributed by atoms with Gasteiger partial charge in [0.2, 0.25) is 5.91 Å². The number of hydrogen-bond acceptors (Lipinski definition) is 3. The summed E-state index contributed by atoms with van der Waals surface area (Å²) in [7, 11) is 0. The van der Waals surface area contributed by atoms with E-state index in [4.69, 9.17) is 4.74 Å². The molecule has 2 aliphatic rings. The number of ether oxygens (including phenoxy) is 1. The maximum absolute atomic E-state index is 13.0. The maximum atomic E-state index is 13.0. The van der Waals surface area contributed by atoms with Crippen molar-refractivity contribution in [2.24, 2.45) is 5.92 Å². The zero-order valence-corrected chi connectivity index (χ0v) is 16.1. The molecule has 1 N–H and O–H groups in total. The molecule has 2 unspecified atom stereocenters. The number of anilines is 1. The van der Waals surface area contributed by atoms with E-state index < -0.39 is 0 Å². The van der Waals surface area contributed by atoms with Gasteiger partial charge in [0.15, 0.2) is 0 Å². The Labute approximate surface area is 165 Å². The lowest BCUT2D eigenvalue weighted by Crippen LogP contribution is -2.44. The van der Waals surface area contributed by atoms with Crippen LogP contribution in [0.5, 0.6) is 0 Å². The SMILES string of the molecule is CC1CN(C(=O)c2cccc(NC(=O)C(c3ccccc3)C3CC3)c2)CCO1. The third-order valence-electron chi connectivity index (χ3n) is 5.44. The van der Waals surface area contributed by atoms with Crippen molar-refractivity contribution < 1.29 is 14.3 Å². The summed E-state index contributed by atoms with van der Waals surface area (Å²) in [6.45, 7) is 3.71. The smallest absolute Gasteiger partial charge is 0.254 e. The number of nitrogens with zero attached hydrogens (tertiary/aromatic N) is 1. The second-order valence-electron chi connectivity index (χ2n) is 7.73. The highest BCUT2D eigenvalue weighted by Crippen LogP contribution is 2.43. The fraction of sp³-hybridized carbons (Fsp3) is 0.391. The molecule has 0 spiro atoms. The summed E-state index contributed by atoms with van der Waals surface area (Å²) < 4.78 is 5.52. The largest absolute Gasteiger partial charge is 0.375 e. The van der Waals surface area contributed by atoms with Crippen molar-refractivity contribution in [3.8, 4) is 0 Å². The Morgan fingerprint density at radius 3 is 2.61 bits per heavy atom. The van der Waals surface area contributed by atoms with Crippen molar-refractivity contribution in [3.05, 3.63) is 65.7 Å². The Hall–Kier alpha value is -2.66. The van der Waals surface area contributed by atoms with Crippen molar-refractivity contribution in [1.82, 2.24) is 4.90 Å². The van der Waals surface area contributed by atoms with E-state index in [0.29, 0.717) is 36.9 Å². The van der Waals surface area contributed by atoms with Crippen LogP contribution in [0.4, 0.5) is 5.69 Å². The van der Waals surface area contributed by atoms with Gasteiger partial charge in [-0.15, -0.1) is 0 Å². The van der Waals surface area contributed by atoms with Crippen LogP contribution in [0.15, 0.2) is 54.6 Å². The highest BCUT2D eigenvalue weighted by molar-refractivity contribution is 5.99. The predicted molar refractivity (Wildman–Crippen MR) is 108 cm³/mol. The second-order valence-corrected chi connectivity index (χ2v) is 7.73. The van der Waals surface area contributed by atoms with Crippen LogP contribution in [0.1, 0.15) is 41.6 Å². The van der Waals surface area contributed by atoms with Gasteiger partial charge in [-0.25, -0.2) is 0 Å². The molecule has 146 valence electrons. The summed E-state index contributed by atoms with van der Waals surface area (Å²) in [5.74, 6) is 0.244. The first kappa shape index (κ1) is 18.7. The first-order valence-corrected chi connectivity index (χ1v) is 9.98. The van der Waals surface area contributed by atoms with Gasteiger partial charge in [0.05, 0.1) is 18.6 Å². The van der Waals surface area contributed by atoms with Gasteiger partial charge < -0.3 is 15.0 Å². The van der Waals surface area contributed by atoms with Crippen LogP contribution < -0.4 is 5.32 Å². The fourth-order valence-corrected chi connectivity index (χ4v) is 3.86. The number of rotatable bonds is 5. The van der Waals surface area contributed by atoms with E-state index in [-0.39, 0.29) is 23.8 Å². The van der Waals surface area contributed by atoms with E-state index in [1.165, 1.54) is 0 Å². The highest BCUT2D eigenvalue weighted by Gasteiger charge is 2.37. The van der Waals surface area contributed by atoms with Crippen LogP contribution >= 0.6 is 0 Å². The maximum Gasteiger partial charge on any atom is 0.254 e. The molecule has 0 bridgehead atoms. The topological polar surface area (TPSA) is 58.6 Å². The molecule has 0 aromatic heterocycles. The minimum atomic E-state index is -0.138. The highest BCUT2D eigenvalue weighted by atomic mass is 16.5. The van der Waals surface area contributed by atoms with E-state index in [9.17, 15) is 9.59 Å². The number of carbonyl (C=O) groups is 2. The normalized spacial score (nSPS) is 20.5. The summed E-state index contributed by atoms with van der Waals surface area (Å²) in [6, 6.07) is 17.2. The van der Waals surface area contributed by atoms with Crippen molar-refractivity contribution in [3.63, 3.8) is 0 Å². The summed E-state index contributed by atoms with van der Waals surface area (Å²) in [4.78, 5) is 27.6. The molecular weight excluding hydrogens is 352 g/mol. The molecule has 2 amide bonds. The van der Waals surface area contributed by atoms with Gasteiger partial charge in [0.1, 0.15) is 0 Å². The molecule has 2 atom stereocenters. The Morgan fingerprint density at radius 2 is 1.89 bits per heavy atom. The lowest BCUT2D eigenvalue weighted by Gasteiger charge is -2.31. The Bertz CT molecular complexity index is 848. The second kappa shape index (κ2) is 8.15. The zero-order chi connectivity index (χ0) is 19.5. The molecule has 5 heteroatoms. The van der Waals surface area contributed by atoms with Crippen LogP contribution in [0, 0.1) is 5.92 Å². The van der Waals surface area contributed by atoms with E-state index in [2.05, 4.69) is 5.32 Å². The average molecular weight is 378 g/mol. The van der Waals surface area contributed by atoms with Crippen molar-refractivity contribution in [1.29, 1.82) is 0 Å². The van der Waals surface area contributed by atoms with Gasteiger partial charge in [0.25, 0.3) is 5.91 Å². The van der Waals surface area contributed by atoms with Crippen molar-refractivity contribution >= 4 is 17.5 Å². The number of hydrogen-bond donors (Lipinski definition) is 1. The van der Waals surface area contributed by atoms with Gasteiger partial charge >= 0.3 is 0 Å². The van der Waals surface area contributed by atoms with Crippen molar-refractivity contribution in [2.75, 3.05) is 25.0 Å². The molecule has 1 aliphatic carbocycles. The van der Waals surface area contributed by atoms with Gasteiger partial charge in [-0.1, -0.05) is 36.4 Å². The standard InChI is InChI=1S/C23H26N2O3/c1-16-15-25(12-13-28-16)23(27)19-8-5-9-20(14-19)24-22(26)21(18-10-11-18)17-6-3-2-4-7-17/h2-9,14,16,18,21H,10-13,15H2,1H3,(H,24,26). The van der Waals surface area contributed by atoms with Crippen molar-refractivity contribution in [2.45, 2.75) is 31.8 Å². The first-order valence-electron chi connectivity index (χ1n) is 9.98.